The molecular weight excluding hydrogens is 347 g/mol. The lowest BCUT2D eigenvalue weighted by molar-refractivity contribution is 0.102. The number of pyridine rings is 1. The lowest BCUT2D eigenvalue weighted by atomic mass is 10.1. The van der Waals surface area contributed by atoms with Crippen LogP contribution in [-0.2, 0) is 0 Å². The van der Waals surface area contributed by atoms with Crippen LogP contribution >= 0.6 is 15.9 Å². The van der Waals surface area contributed by atoms with Crippen molar-refractivity contribution in [3.63, 3.8) is 0 Å². The van der Waals surface area contributed by atoms with Crippen molar-refractivity contribution in [1.29, 1.82) is 0 Å². The molecule has 1 amide bonds. The maximum absolute atomic E-state index is 13.5. The molecule has 110 valence electrons. The van der Waals surface area contributed by atoms with Crippen molar-refractivity contribution in [3.8, 4) is 0 Å². The third kappa shape index (κ3) is 2.99. The molecule has 0 aliphatic rings. The van der Waals surface area contributed by atoms with Crippen LogP contribution in [-0.4, -0.2) is 10.9 Å². The minimum atomic E-state index is -0.393. The van der Waals surface area contributed by atoms with Crippen LogP contribution in [0.25, 0.3) is 10.9 Å². The van der Waals surface area contributed by atoms with E-state index in [0.29, 0.717) is 27.8 Å². The minimum absolute atomic E-state index is 0.288. The third-order valence-corrected chi connectivity index (χ3v) is 3.77. The first-order valence-electron chi connectivity index (χ1n) is 6.67. The van der Waals surface area contributed by atoms with Crippen molar-refractivity contribution in [3.05, 3.63) is 70.1 Å². The van der Waals surface area contributed by atoms with Crippen LogP contribution in [0.15, 0.2) is 53.0 Å². The zero-order valence-electron chi connectivity index (χ0n) is 11.7. The van der Waals surface area contributed by atoms with Gasteiger partial charge in [0.05, 0.1) is 11.1 Å². The molecule has 1 aromatic heterocycles. The molecule has 22 heavy (non-hydrogen) atoms. The fraction of sp³-hybridized carbons (Fsp3) is 0.0588. The fourth-order valence-corrected chi connectivity index (χ4v) is 2.51. The highest BCUT2D eigenvalue weighted by molar-refractivity contribution is 9.10. The van der Waals surface area contributed by atoms with E-state index in [0.717, 1.165) is 4.47 Å². The zero-order valence-corrected chi connectivity index (χ0v) is 13.3. The van der Waals surface area contributed by atoms with Gasteiger partial charge in [-0.15, -0.1) is 0 Å². The lowest BCUT2D eigenvalue weighted by Gasteiger charge is -2.09. The van der Waals surface area contributed by atoms with Gasteiger partial charge in [-0.2, -0.15) is 0 Å². The summed E-state index contributed by atoms with van der Waals surface area (Å²) in [5, 5.41) is 3.31. The summed E-state index contributed by atoms with van der Waals surface area (Å²) in [4.78, 5) is 16.8. The predicted octanol–water partition coefficient (Wildman–Crippen LogP) is 4.70. The molecule has 0 unspecified atom stereocenters. The second kappa shape index (κ2) is 5.85. The Morgan fingerprint density at radius 3 is 2.59 bits per heavy atom. The molecule has 3 nitrogen and oxygen atoms in total. The van der Waals surface area contributed by atoms with E-state index in [2.05, 4.69) is 26.2 Å². The molecule has 0 aliphatic carbocycles. The molecule has 0 radical (unpaired) electrons. The minimum Gasteiger partial charge on any atom is -0.322 e. The van der Waals surface area contributed by atoms with Gasteiger partial charge in [0.15, 0.2) is 0 Å². The first-order valence-corrected chi connectivity index (χ1v) is 7.46. The van der Waals surface area contributed by atoms with Crippen LogP contribution in [0.1, 0.15) is 16.1 Å². The fourth-order valence-electron chi connectivity index (χ4n) is 2.25. The number of carbonyl (C=O) groups is 1. The quantitative estimate of drug-likeness (QED) is 0.721. The molecule has 0 bridgehead atoms. The second-order valence-electron chi connectivity index (χ2n) is 4.93. The molecule has 3 aromatic rings. The Labute approximate surface area is 135 Å². The first kappa shape index (κ1) is 14.7. The normalized spacial score (nSPS) is 10.7. The molecule has 0 atom stereocenters. The van der Waals surface area contributed by atoms with Gasteiger partial charge < -0.3 is 5.32 Å². The van der Waals surface area contributed by atoms with E-state index < -0.39 is 5.82 Å². The number of amides is 1. The Kier molecular flexibility index (Phi) is 3.90. The number of hydrogen-bond acceptors (Lipinski definition) is 2. The molecular formula is C17H12BrFN2O. The van der Waals surface area contributed by atoms with Gasteiger partial charge in [-0.25, -0.2) is 4.39 Å². The molecule has 0 aliphatic heterocycles. The number of fused-ring (bicyclic) bond motifs is 1. The van der Waals surface area contributed by atoms with E-state index >= 15 is 0 Å². The van der Waals surface area contributed by atoms with E-state index in [9.17, 15) is 9.18 Å². The Morgan fingerprint density at radius 1 is 1.14 bits per heavy atom. The van der Waals surface area contributed by atoms with Gasteiger partial charge in [0.2, 0.25) is 0 Å². The number of nitrogens with zero attached hydrogens (tertiary/aromatic N) is 1. The largest absolute Gasteiger partial charge is 0.322 e. The molecule has 5 heteroatoms. The molecule has 2 aromatic carbocycles. The summed E-state index contributed by atoms with van der Waals surface area (Å²) in [5.41, 5.74) is 2.39. The molecule has 1 heterocycles. The summed E-state index contributed by atoms with van der Waals surface area (Å²) in [6, 6.07) is 13.2. The van der Waals surface area contributed by atoms with Crippen molar-refractivity contribution >= 4 is 38.4 Å². The smallest absolute Gasteiger partial charge is 0.256 e. The van der Waals surface area contributed by atoms with Crippen molar-refractivity contribution in [2.45, 2.75) is 6.92 Å². The second-order valence-corrected chi connectivity index (χ2v) is 5.85. The maximum atomic E-state index is 13.5. The number of benzene rings is 2. The zero-order chi connectivity index (χ0) is 15.7. The number of rotatable bonds is 2. The summed E-state index contributed by atoms with van der Waals surface area (Å²) in [5.74, 6) is -0.681. The molecule has 0 saturated carbocycles. The van der Waals surface area contributed by atoms with E-state index in [1.165, 1.54) is 12.1 Å². The summed E-state index contributed by atoms with van der Waals surface area (Å²) >= 11 is 3.34. The number of anilines is 1. The summed E-state index contributed by atoms with van der Waals surface area (Å²) in [7, 11) is 0. The van der Waals surface area contributed by atoms with Gasteiger partial charge in [0.25, 0.3) is 5.91 Å². The van der Waals surface area contributed by atoms with Crippen LogP contribution in [0.2, 0.25) is 0 Å². The monoisotopic (exact) mass is 358 g/mol. The summed E-state index contributed by atoms with van der Waals surface area (Å²) in [6.07, 6.45) is 0. The number of nitrogens with one attached hydrogen (secondary N) is 1. The third-order valence-electron chi connectivity index (χ3n) is 3.25. The molecule has 0 saturated heterocycles. The average molecular weight is 359 g/mol. The number of carbonyl (C=O) groups excluding carboxylic acids is 1. The number of halogens is 2. The Balaban J connectivity index is 2.03. The van der Waals surface area contributed by atoms with Crippen LogP contribution in [0.5, 0.6) is 0 Å². The Hall–Kier alpha value is -2.27. The van der Waals surface area contributed by atoms with Gasteiger partial charge in [-0.1, -0.05) is 15.9 Å². The molecule has 0 fully saturated rings. The molecule has 1 N–H and O–H groups in total. The lowest BCUT2D eigenvalue weighted by Crippen LogP contribution is -2.13. The highest BCUT2D eigenvalue weighted by atomic mass is 79.9. The Bertz CT molecular complexity index is 862. The summed E-state index contributed by atoms with van der Waals surface area (Å²) in [6.45, 7) is 1.80. The molecule has 0 spiro atoms. The predicted molar refractivity (Wildman–Crippen MR) is 88.5 cm³/mol. The topological polar surface area (TPSA) is 42.0 Å². The van der Waals surface area contributed by atoms with E-state index in [1.807, 2.05) is 12.1 Å². The van der Waals surface area contributed by atoms with Crippen LogP contribution in [0.3, 0.4) is 0 Å². The Morgan fingerprint density at radius 2 is 1.86 bits per heavy atom. The standard InChI is InChI=1S/C17H12BrFN2O/c1-10-8-15(14-9-12(19)4-7-16(14)20-10)17(22)21-13-5-2-11(18)3-6-13/h2-9H,1H3,(H,21,22). The van der Waals surface area contributed by atoms with Crippen molar-refractivity contribution < 1.29 is 9.18 Å². The van der Waals surface area contributed by atoms with Crippen LogP contribution in [0, 0.1) is 12.7 Å². The highest BCUT2D eigenvalue weighted by Crippen LogP contribution is 2.21. The van der Waals surface area contributed by atoms with E-state index in [-0.39, 0.29) is 5.91 Å². The maximum Gasteiger partial charge on any atom is 0.256 e. The summed E-state index contributed by atoms with van der Waals surface area (Å²) < 4.78 is 14.4. The number of aromatic nitrogens is 1. The first-order chi connectivity index (χ1) is 10.5. The van der Waals surface area contributed by atoms with Gasteiger partial charge in [0.1, 0.15) is 5.82 Å². The van der Waals surface area contributed by atoms with Gasteiger partial charge in [-0.3, -0.25) is 9.78 Å². The van der Waals surface area contributed by atoms with Gasteiger partial charge in [-0.05, 0) is 55.5 Å². The molecule has 3 rings (SSSR count). The number of hydrogen-bond donors (Lipinski definition) is 1. The average Bonchev–Trinajstić information content (AvgIpc) is 2.49. The SMILES string of the molecule is Cc1cc(C(=O)Nc2ccc(Br)cc2)c2cc(F)ccc2n1. The van der Waals surface area contributed by atoms with Gasteiger partial charge >= 0.3 is 0 Å². The van der Waals surface area contributed by atoms with E-state index in [1.54, 1.807) is 31.2 Å². The number of aryl methyl sites for hydroxylation is 1. The highest BCUT2D eigenvalue weighted by Gasteiger charge is 2.13. The van der Waals surface area contributed by atoms with Crippen LogP contribution < -0.4 is 5.32 Å². The van der Waals surface area contributed by atoms with Crippen LogP contribution in [0.4, 0.5) is 10.1 Å². The van der Waals surface area contributed by atoms with Gasteiger partial charge in [0, 0.05) is 21.2 Å². The van der Waals surface area contributed by atoms with Crippen molar-refractivity contribution in [1.82, 2.24) is 4.98 Å². The van der Waals surface area contributed by atoms with Crippen molar-refractivity contribution in [2.24, 2.45) is 0 Å². The van der Waals surface area contributed by atoms with E-state index in [4.69, 9.17) is 0 Å². The van der Waals surface area contributed by atoms with Crippen molar-refractivity contribution in [2.75, 3.05) is 5.32 Å².